The van der Waals surface area contributed by atoms with Crippen LogP contribution in [-0.4, -0.2) is 26.0 Å². The van der Waals surface area contributed by atoms with Crippen LogP contribution in [-0.2, 0) is 10.4 Å². The molecule has 0 aliphatic heterocycles. The highest BCUT2D eigenvalue weighted by Crippen LogP contribution is 2.42. The summed E-state index contributed by atoms with van der Waals surface area (Å²) >= 11 is 1.49. The van der Waals surface area contributed by atoms with Crippen LogP contribution in [0.25, 0.3) is 10.4 Å². The highest BCUT2D eigenvalue weighted by atomic mass is 32.1. The van der Waals surface area contributed by atoms with Crippen LogP contribution < -0.4 is 11.1 Å². The summed E-state index contributed by atoms with van der Waals surface area (Å²) in [5, 5.41) is 15.2. The number of aliphatic hydroxyl groups is 1. The van der Waals surface area contributed by atoms with Gasteiger partial charge in [-0.05, 0) is 67.9 Å². The first kappa shape index (κ1) is 22.4. The van der Waals surface area contributed by atoms with Crippen molar-refractivity contribution in [3.05, 3.63) is 52.9 Å². The van der Waals surface area contributed by atoms with Crippen LogP contribution in [0.1, 0.15) is 61.7 Å². The molecular formula is C24H29N5O2S. The molecule has 168 valence electrons. The number of thiazole rings is 1. The molecule has 1 aliphatic rings. The molecule has 0 radical (unpaired) electrons. The molecule has 8 heteroatoms. The molecule has 2 aromatic heterocycles. The number of aromatic nitrogens is 3. The van der Waals surface area contributed by atoms with E-state index < -0.39 is 5.60 Å². The van der Waals surface area contributed by atoms with E-state index in [-0.39, 0.29) is 11.8 Å². The summed E-state index contributed by atoms with van der Waals surface area (Å²) < 4.78 is 0. The van der Waals surface area contributed by atoms with Gasteiger partial charge in [0.2, 0.25) is 11.9 Å². The second-order valence-corrected chi connectivity index (χ2v) is 9.94. The average Bonchev–Trinajstić information content (AvgIpc) is 3.25. The van der Waals surface area contributed by atoms with Crippen LogP contribution in [0.15, 0.2) is 36.7 Å². The van der Waals surface area contributed by atoms with Crippen molar-refractivity contribution in [2.45, 2.75) is 58.0 Å². The summed E-state index contributed by atoms with van der Waals surface area (Å²) in [5.41, 5.74) is 8.44. The van der Waals surface area contributed by atoms with E-state index in [4.69, 9.17) is 5.73 Å². The van der Waals surface area contributed by atoms with Crippen molar-refractivity contribution in [1.82, 2.24) is 15.0 Å². The predicted octanol–water partition coefficient (Wildman–Crippen LogP) is 4.64. The highest BCUT2D eigenvalue weighted by molar-refractivity contribution is 7.15. The first-order chi connectivity index (χ1) is 15.2. The third-order valence-corrected chi connectivity index (χ3v) is 7.25. The lowest BCUT2D eigenvalue weighted by atomic mass is 9.79. The van der Waals surface area contributed by atoms with Crippen molar-refractivity contribution in [3.63, 3.8) is 0 Å². The summed E-state index contributed by atoms with van der Waals surface area (Å²) in [6.45, 7) is 6.25. The molecule has 4 rings (SSSR count). The minimum Gasteiger partial charge on any atom is -0.383 e. The second kappa shape index (κ2) is 8.96. The van der Waals surface area contributed by atoms with Crippen LogP contribution in [0.5, 0.6) is 0 Å². The van der Waals surface area contributed by atoms with Gasteiger partial charge in [0, 0.05) is 29.7 Å². The molecule has 1 saturated carbocycles. The number of nitrogens with one attached hydrogen (secondary N) is 1. The van der Waals surface area contributed by atoms with Crippen molar-refractivity contribution in [2.75, 3.05) is 5.32 Å². The van der Waals surface area contributed by atoms with Crippen molar-refractivity contribution in [3.8, 4) is 10.4 Å². The van der Waals surface area contributed by atoms with Crippen molar-refractivity contribution in [1.29, 1.82) is 0 Å². The molecular weight excluding hydrogens is 422 g/mol. The van der Waals surface area contributed by atoms with Crippen LogP contribution in [0.2, 0.25) is 0 Å². The molecule has 0 atom stereocenters. The van der Waals surface area contributed by atoms with E-state index in [1.807, 2.05) is 25.3 Å². The normalized spacial score (nSPS) is 21.0. The zero-order valence-corrected chi connectivity index (χ0v) is 19.4. The van der Waals surface area contributed by atoms with Gasteiger partial charge in [-0.15, -0.1) is 11.3 Å². The van der Waals surface area contributed by atoms with E-state index in [0.717, 1.165) is 27.4 Å². The number of hydrogen-bond acceptors (Lipinski definition) is 7. The number of aryl methyl sites for hydroxylation is 1. The van der Waals surface area contributed by atoms with Crippen molar-refractivity contribution in [2.24, 2.45) is 11.7 Å². The Hall–Kier alpha value is -2.84. The van der Waals surface area contributed by atoms with Crippen LogP contribution in [0.3, 0.4) is 0 Å². The van der Waals surface area contributed by atoms with Gasteiger partial charge in [0.1, 0.15) is 10.6 Å². The van der Waals surface area contributed by atoms with Gasteiger partial charge in [-0.2, -0.15) is 0 Å². The van der Waals surface area contributed by atoms with Crippen molar-refractivity contribution < 1.29 is 9.90 Å². The van der Waals surface area contributed by atoms with Gasteiger partial charge < -0.3 is 16.2 Å². The molecule has 4 N–H and O–H groups in total. The van der Waals surface area contributed by atoms with E-state index in [9.17, 15) is 9.90 Å². The van der Waals surface area contributed by atoms with Gasteiger partial charge in [0.25, 0.3) is 0 Å². The Morgan fingerprint density at radius 1 is 1.25 bits per heavy atom. The fraction of sp³-hybridized carbons (Fsp3) is 0.417. The number of hydrogen-bond donors (Lipinski definition) is 3. The molecule has 2 heterocycles. The Bertz CT molecular complexity index is 1120. The maximum absolute atomic E-state index is 11.5. The molecule has 7 nitrogen and oxygen atoms in total. The largest absolute Gasteiger partial charge is 0.383 e. The van der Waals surface area contributed by atoms with Gasteiger partial charge in [0.15, 0.2) is 0 Å². The molecule has 3 aromatic rings. The maximum atomic E-state index is 11.5. The molecule has 0 saturated heterocycles. The Labute approximate surface area is 192 Å². The zero-order chi connectivity index (χ0) is 22.9. The molecule has 1 aromatic carbocycles. The first-order valence-electron chi connectivity index (χ1n) is 10.9. The van der Waals surface area contributed by atoms with E-state index in [1.165, 1.54) is 11.3 Å². The molecule has 1 fully saturated rings. The number of nitrogens with two attached hydrogens (primary N) is 1. The molecule has 32 heavy (non-hydrogen) atoms. The Balaban J connectivity index is 1.55. The van der Waals surface area contributed by atoms with Gasteiger partial charge in [-0.1, -0.05) is 19.9 Å². The van der Waals surface area contributed by atoms with Crippen LogP contribution in [0.4, 0.5) is 11.6 Å². The third kappa shape index (κ3) is 4.81. The fourth-order valence-electron chi connectivity index (χ4n) is 4.10. The van der Waals surface area contributed by atoms with Gasteiger partial charge >= 0.3 is 0 Å². The van der Waals surface area contributed by atoms with E-state index in [1.54, 1.807) is 6.20 Å². The average molecular weight is 452 g/mol. The molecule has 0 unspecified atom stereocenters. The van der Waals surface area contributed by atoms with E-state index in [0.29, 0.717) is 42.6 Å². The van der Waals surface area contributed by atoms with E-state index in [2.05, 4.69) is 46.2 Å². The second-order valence-electron chi connectivity index (χ2n) is 8.91. The number of rotatable bonds is 6. The smallest absolute Gasteiger partial charge is 0.227 e. The summed E-state index contributed by atoms with van der Waals surface area (Å²) in [5.74, 6) is 0.454. The van der Waals surface area contributed by atoms with Crippen LogP contribution >= 0.6 is 11.3 Å². The quantitative estimate of drug-likeness (QED) is 0.503. The lowest BCUT2D eigenvalue weighted by Crippen LogP contribution is -2.35. The third-order valence-electron chi connectivity index (χ3n) is 6.01. The predicted molar refractivity (Wildman–Crippen MR) is 127 cm³/mol. The summed E-state index contributed by atoms with van der Waals surface area (Å²) in [6.07, 6.45) is 5.76. The SMILES string of the molecule is Cc1cc(Nc2nccc(C(C)C)n2)cc(-c2cnc([C@]3(O)CC[C@H](C(N)=O)CC3)s2)c1. The summed E-state index contributed by atoms with van der Waals surface area (Å²) in [6, 6.07) is 8.12. The number of carbonyl (C=O) groups is 1. The van der Waals surface area contributed by atoms with Gasteiger partial charge in [-0.3, -0.25) is 4.79 Å². The Morgan fingerprint density at radius 2 is 2.00 bits per heavy atom. The fourth-order valence-corrected chi connectivity index (χ4v) is 5.15. The Morgan fingerprint density at radius 3 is 2.69 bits per heavy atom. The molecule has 0 bridgehead atoms. The maximum Gasteiger partial charge on any atom is 0.227 e. The number of primary amides is 1. The minimum atomic E-state index is -0.995. The number of carbonyl (C=O) groups excluding carboxylic acids is 1. The van der Waals surface area contributed by atoms with Crippen molar-refractivity contribution >= 4 is 28.9 Å². The zero-order valence-electron chi connectivity index (χ0n) is 18.6. The summed E-state index contributed by atoms with van der Waals surface area (Å²) in [4.78, 5) is 25.9. The molecule has 1 amide bonds. The van der Waals surface area contributed by atoms with E-state index >= 15 is 0 Å². The first-order valence-corrected chi connectivity index (χ1v) is 11.8. The number of anilines is 2. The summed E-state index contributed by atoms with van der Waals surface area (Å²) in [7, 11) is 0. The minimum absolute atomic E-state index is 0.156. The molecule has 1 aliphatic carbocycles. The topological polar surface area (TPSA) is 114 Å². The number of benzene rings is 1. The monoisotopic (exact) mass is 451 g/mol. The molecule has 0 spiro atoms. The lowest BCUT2D eigenvalue weighted by Gasteiger charge is -2.33. The van der Waals surface area contributed by atoms with Gasteiger partial charge in [0.05, 0.1) is 4.88 Å². The highest BCUT2D eigenvalue weighted by Gasteiger charge is 2.38. The number of amides is 1. The van der Waals surface area contributed by atoms with Crippen LogP contribution in [0, 0.1) is 12.8 Å². The Kier molecular flexibility index (Phi) is 6.26. The standard InChI is InChI=1S/C24H29N5O2S/c1-14(2)19-6-9-26-23(29-19)28-18-11-15(3)10-17(12-18)20-13-27-22(32-20)24(31)7-4-16(5-8-24)21(25)30/h6,9-14,16,31H,4-5,7-8H2,1-3H3,(H2,25,30)(H,26,28,29)/t16-,24-. The number of nitrogens with zero attached hydrogens (tertiary/aromatic N) is 3. The lowest BCUT2D eigenvalue weighted by molar-refractivity contribution is -0.124. The van der Waals surface area contributed by atoms with Gasteiger partial charge in [-0.25, -0.2) is 15.0 Å².